The fraction of sp³-hybridized carbons (Fsp3) is 0.312. The van der Waals surface area contributed by atoms with Crippen molar-refractivity contribution < 1.29 is 38.3 Å². The van der Waals surface area contributed by atoms with Gasteiger partial charge >= 0.3 is 5.97 Å². The molecule has 0 radical (unpaired) electrons. The number of carbonyl (C=O) groups excluding carboxylic acids is 4. The summed E-state index contributed by atoms with van der Waals surface area (Å²) in [5.74, 6) is -0.869. The number of hydrogen-bond acceptors (Lipinski definition) is 11. The number of benzene rings is 2. The van der Waals surface area contributed by atoms with E-state index >= 15 is 0 Å². The minimum atomic E-state index is -0.613. The van der Waals surface area contributed by atoms with Crippen molar-refractivity contribution in [3.63, 3.8) is 0 Å². The minimum absolute atomic E-state index is 0.0165. The van der Waals surface area contributed by atoms with Gasteiger partial charge in [0.05, 0.1) is 28.6 Å². The quantitative estimate of drug-likeness (QED) is 0.1000. The van der Waals surface area contributed by atoms with E-state index in [1.54, 1.807) is 37.3 Å². The van der Waals surface area contributed by atoms with Crippen molar-refractivity contribution in [2.24, 2.45) is 0 Å². The average Bonchev–Trinajstić information content (AvgIpc) is 3.52. The van der Waals surface area contributed by atoms with Gasteiger partial charge in [-0.05, 0) is 98.3 Å². The van der Waals surface area contributed by atoms with Gasteiger partial charge in [-0.15, -0.1) is 11.3 Å². The van der Waals surface area contributed by atoms with Gasteiger partial charge in [-0.2, -0.15) is 0 Å². The summed E-state index contributed by atoms with van der Waals surface area (Å²) in [4.78, 5) is 64.2. The summed E-state index contributed by atoms with van der Waals surface area (Å²) >= 11 is 2.05. The molecule has 240 valence electrons. The van der Waals surface area contributed by atoms with E-state index in [-0.39, 0.29) is 23.8 Å². The van der Waals surface area contributed by atoms with E-state index in [1.807, 2.05) is 6.92 Å². The number of rotatable bonds is 12. The van der Waals surface area contributed by atoms with Gasteiger partial charge in [0.25, 0.3) is 16.8 Å². The van der Waals surface area contributed by atoms with Crippen molar-refractivity contribution in [2.75, 3.05) is 25.1 Å². The topological polar surface area (TPSA) is 154 Å². The highest BCUT2D eigenvalue weighted by Gasteiger charge is 2.37. The van der Waals surface area contributed by atoms with E-state index in [0.29, 0.717) is 34.2 Å². The van der Waals surface area contributed by atoms with E-state index in [4.69, 9.17) is 14.2 Å². The lowest BCUT2D eigenvalue weighted by Gasteiger charge is -2.14. The van der Waals surface area contributed by atoms with E-state index < -0.39 is 34.5 Å². The van der Waals surface area contributed by atoms with Crippen LogP contribution in [0.4, 0.5) is 15.5 Å². The number of nitro groups is 1. The molecule has 1 saturated heterocycles. The van der Waals surface area contributed by atoms with Gasteiger partial charge in [-0.1, -0.05) is 6.07 Å². The maximum Gasteiger partial charge on any atom is 0.341 e. The van der Waals surface area contributed by atoms with Crippen LogP contribution in [0.15, 0.2) is 47.4 Å². The SMILES string of the molecule is CCOC(=O)c1c(NC(=O)CN2C(=O)SC(=Cc3ccc(OCc4ccc([N+](=O)[O-])cc4)c(OCC)c3)C2=O)sc2c1CCCC2. The number of thiophene rings is 1. The fourth-order valence-corrected chi connectivity index (χ4v) is 7.18. The lowest BCUT2D eigenvalue weighted by molar-refractivity contribution is -0.384. The van der Waals surface area contributed by atoms with Crippen LogP contribution < -0.4 is 14.8 Å². The summed E-state index contributed by atoms with van der Waals surface area (Å²) in [5, 5.41) is 13.4. The molecule has 1 fully saturated rings. The van der Waals surface area contributed by atoms with Crippen LogP contribution in [-0.4, -0.2) is 52.6 Å². The number of imide groups is 1. The van der Waals surface area contributed by atoms with Gasteiger partial charge in [-0.3, -0.25) is 29.4 Å². The third-order valence-electron chi connectivity index (χ3n) is 7.19. The highest BCUT2D eigenvalue weighted by atomic mass is 32.2. The molecular weight excluding hydrogens is 634 g/mol. The van der Waals surface area contributed by atoms with Crippen LogP contribution in [0.1, 0.15) is 58.6 Å². The Labute approximate surface area is 272 Å². The maximum atomic E-state index is 13.2. The van der Waals surface area contributed by atoms with Crippen molar-refractivity contribution >= 4 is 62.9 Å². The summed E-state index contributed by atoms with van der Waals surface area (Å²) < 4.78 is 16.9. The number of ether oxygens (including phenoxy) is 3. The van der Waals surface area contributed by atoms with Crippen molar-refractivity contribution in [1.29, 1.82) is 0 Å². The largest absolute Gasteiger partial charge is 0.490 e. The summed E-state index contributed by atoms with van der Waals surface area (Å²) in [5.41, 5.74) is 2.54. The Kier molecular flexibility index (Phi) is 10.4. The number of aryl methyl sites for hydroxylation is 1. The number of non-ortho nitro benzene ring substituents is 1. The Balaban J connectivity index is 1.26. The lowest BCUT2D eigenvalue weighted by atomic mass is 9.95. The van der Waals surface area contributed by atoms with Gasteiger partial charge in [-0.25, -0.2) is 4.79 Å². The standard InChI is InChI=1S/C32H31N3O9S2/c1-3-42-24-15-20(11-14-23(24)44-18-19-9-12-21(13-10-19)35(40)41)16-26-30(37)34(32(39)46-26)17-27(36)33-29-28(31(38)43-4-2)22-7-5-6-8-25(22)45-29/h9-16H,3-8,17-18H2,1-2H3,(H,33,36). The van der Waals surface area contributed by atoms with E-state index in [9.17, 15) is 29.3 Å². The number of nitrogens with zero attached hydrogens (tertiary/aromatic N) is 2. The monoisotopic (exact) mass is 665 g/mol. The first kappa shape index (κ1) is 32.7. The molecule has 5 rings (SSSR count). The first-order valence-electron chi connectivity index (χ1n) is 14.7. The Morgan fingerprint density at radius 3 is 2.50 bits per heavy atom. The zero-order valence-corrected chi connectivity index (χ0v) is 26.8. The van der Waals surface area contributed by atoms with Gasteiger partial charge in [0.2, 0.25) is 5.91 Å². The van der Waals surface area contributed by atoms with Crippen molar-refractivity contribution in [3.05, 3.63) is 84.6 Å². The van der Waals surface area contributed by atoms with E-state index in [2.05, 4.69) is 5.32 Å². The number of fused-ring (bicyclic) bond motifs is 1. The molecule has 2 aromatic carbocycles. The molecular formula is C32H31N3O9S2. The minimum Gasteiger partial charge on any atom is -0.490 e. The third kappa shape index (κ3) is 7.40. The van der Waals surface area contributed by atoms with Crippen LogP contribution in [0.5, 0.6) is 11.5 Å². The van der Waals surface area contributed by atoms with E-state index in [0.717, 1.165) is 58.3 Å². The predicted octanol–water partition coefficient (Wildman–Crippen LogP) is 6.36. The second-order valence-electron chi connectivity index (χ2n) is 10.3. The number of amides is 3. The highest BCUT2D eigenvalue weighted by molar-refractivity contribution is 8.18. The van der Waals surface area contributed by atoms with Gasteiger partial charge < -0.3 is 19.5 Å². The van der Waals surface area contributed by atoms with Crippen LogP contribution in [0.3, 0.4) is 0 Å². The Morgan fingerprint density at radius 2 is 1.78 bits per heavy atom. The number of hydrogen-bond donors (Lipinski definition) is 1. The first-order valence-corrected chi connectivity index (χ1v) is 16.3. The second-order valence-corrected chi connectivity index (χ2v) is 12.4. The summed E-state index contributed by atoms with van der Waals surface area (Å²) in [7, 11) is 0. The molecule has 2 aliphatic rings. The van der Waals surface area contributed by atoms with Crippen LogP contribution in [-0.2, 0) is 33.8 Å². The number of nitro benzene ring substituents is 1. The normalized spacial score (nSPS) is 15.1. The summed E-state index contributed by atoms with van der Waals surface area (Å²) in [6, 6.07) is 11.1. The molecule has 3 aromatic rings. The number of nitrogens with one attached hydrogen (secondary N) is 1. The fourth-order valence-electron chi connectivity index (χ4n) is 5.05. The molecule has 0 atom stereocenters. The van der Waals surface area contributed by atoms with Gasteiger partial charge in [0.15, 0.2) is 11.5 Å². The maximum absolute atomic E-state index is 13.2. The van der Waals surface area contributed by atoms with Gasteiger partial charge in [0.1, 0.15) is 18.2 Å². The van der Waals surface area contributed by atoms with Crippen LogP contribution in [0.25, 0.3) is 6.08 Å². The highest BCUT2D eigenvalue weighted by Crippen LogP contribution is 2.39. The smallest absolute Gasteiger partial charge is 0.341 e. The zero-order chi connectivity index (χ0) is 32.8. The Hall–Kier alpha value is -4.69. The molecule has 0 saturated carbocycles. The van der Waals surface area contributed by atoms with Crippen molar-refractivity contribution in [2.45, 2.75) is 46.1 Å². The molecule has 14 heteroatoms. The molecule has 2 heterocycles. The average molecular weight is 666 g/mol. The summed E-state index contributed by atoms with van der Waals surface area (Å²) in [6.07, 6.45) is 5.01. The van der Waals surface area contributed by atoms with E-state index in [1.165, 1.54) is 29.5 Å². The number of carbonyl (C=O) groups is 4. The van der Waals surface area contributed by atoms with Crippen LogP contribution in [0, 0.1) is 10.1 Å². The Bertz CT molecular complexity index is 1720. The molecule has 1 N–H and O–H groups in total. The summed E-state index contributed by atoms with van der Waals surface area (Å²) in [6.45, 7) is 3.70. The van der Waals surface area contributed by atoms with Crippen LogP contribution in [0.2, 0.25) is 0 Å². The molecule has 1 aliphatic heterocycles. The zero-order valence-electron chi connectivity index (χ0n) is 25.2. The number of thioether (sulfide) groups is 1. The number of anilines is 1. The van der Waals surface area contributed by atoms with Crippen LogP contribution >= 0.6 is 23.1 Å². The molecule has 12 nitrogen and oxygen atoms in total. The Morgan fingerprint density at radius 1 is 1.02 bits per heavy atom. The number of esters is 1. The molecule has 0 unspecified atom stereocenters. The molecule has 1 aliphatic carbocycles. The predicted molar refractivity (Wildman–Crippen MR) is 173 cm³/mol. The molecule has 1 aromatic heterocycles. The molecule has 0 spiro atoms. The van der Waals surface area contributed by atoms with Crippen molar-refractivity contribution in [1.82, 2.24) is 4.90 Å². The molecule has 46 heavy (non-hydrogen) atoms. The van der Waals surface area contributed by atoms with Gasteiger partial charge in [0, 0.05) is 17.0 Å². The first-order chi connectivity index (χ1) is 22.2. The lowest BCUT2D eigenvalue weighted by Crippen LogP contribution is -2.36. The third-order valence-corrected chi connectivity index (χ3v) is 9.30. The molecule has 3 amide bonds. The molecule has 0 bridgehead atoms. The van der Waals surface area contributed by atoms with Crippen molar-refractivity contribution in [3.8, 4) is 11.5 Å². The second kappa shape index (κ2) is 14.6.